The van der Waals surface area contributed by atoms with E-state index in [4.69, 9.17) is 0 Å². The summed E-state index contributed by atoms with van der Waals surface area (Å²) in [5, 5.41) is 10.4. The summed E-state index contributed by atoms with van der Waals surface area (Å²) in [5.41, 5.74) is 28.2. The van der Waals surface area contributed by atoms with Crippen LogP contribution in [0.4, 0.5) is 34.1 Å². The number of benzene rings is 18. The van der Waals surface area contributed by atoms with E-state index in [9.17, 15) is 0 Å². The van der Waals surface area contributed by atoms with Crippen molar-refractivity contribution in [3.05, 3.63) is 437 Å². The fourth-order valence-corrected chi connectivity index (χ4v) is 19.1. The third kappa shape index (κ3) is 12.5. The lowest BCUT2D eigenvalue weighted by Gasteiger charge is -2.26. The molecule has 0 saturated carbocycles. The quantitative estimate of drug-likeness (QED) is 0.108. The summed E-state index contributed by atoms with van der Waals surface area (Å²) >= 11 is 3.72. The van der Waals surface area contributed by atoms with E-state index in [0.29, 0.717) is 0 Å². The molecular weight excluding hydrogens is 1420 g/mol. The lowest BCUT2D eigenvalue weighted by molar-refractivity contribution is 1.18. The van der Waals surface area contributed by atoms with Gasteiger partial charge in [0, 0.05) is 107 Å². The normalized spacial score (nSPS) is 11.5. The predicted molar refractivity (Wildman–Crippen MR) is 489 cm³/mol. The molecule has 0 fully saturated rings. The molecule has 536 valence electrons. The largest absolute Gasteiger partial charge is 0.311 e. The number of hydrogen-bond donors (Lipinski definition) is 0. The molecule has 22 rings (SSSR count). The van der Waals surface area contributed by atoms with E-state index in [1.807, 2.05) is 22.7 Å². The number of nitrogens with zero attached hydrogens (tertiary/aromatic N) is 4. The Labute approximate surface area is 669 Å². The molecule has 0 N–H and O–H groups in total. The molecule has 6 heteroatoms. The molecule has 4 heterocycles. The standard InChI is InChI=1S/2C54H36N2S/c1-2-11-37(12-3-1)38-21-28-43(29-22-38)55(45-32-25-40(26-33-45)42-27-34-54-50(36-42)49-17-6-9-20-53(49)57-54)44-30-23-39(24-31-44)41-13-10-14-46(35-41)56-51-18-7-4-15-47(51)48-16-5-8-19-52(48)56;1-2-11-37(12-3-1)38-21-28-43(29-22-38)55(45-32-25-40(26-33-45)42-27-34-50-49-17-6-9-20-53(49)57-54(50)36-42)44-30-23-39(24-31-44)41-13-10-14-46(35-41)56-51-18-7-4-15-47(51)48-16-5-8-19-52(48)56/h2*1-36H. The van der Waals surface area contributed by atoms with Crippen molar-refractivity contribution < 1.29 is 0 Å². The Balaban J connectivity index is 0.000000143. The van der Waals surface area contributed by atoms with Gasteiger partial charge < -0.3 is 18.9 Å². The van der Waals surface area contributed by atoms with Gasteiger partial charge in [-0.2, -0.15) is 0 Å². The van der Waals surface area contributed by atoms with Gasteiger partial charge >= 0.3 is 0 Å². The average Bonchev–Trinajstić information content (AvgIpc) is 1.62. The molecule has 4 aromatic heterocycles. The fourth-order valence-electron chi connectivity index (χ4n) is 16.8. The summed E-state index contributed by atoms with van der Waals surface area (Å²) in [6.07, 6.45) is 0. The maximum Gasteiger partial charge on any atom is 0.0541 e. The van der Waals surface area contributed by atoms with Crippen LogP contribution in [0.3, 0.4) is 0 Å². The Hall–Kier alpha value is -14.4. The van der Waals surface area contributed by atoms with E-state index in [1.165, 1.54) is 151 Å². The van der Waals surface area contributed by atoms with Gasteiger partial charge in [0.1, 0.15) is 0 Å². The SMILES string of the molecule is c1ccc(-c2ccc(N(c3ccc(-c4cccc(-n5c6ccccc6c6ccccc65)c4)cc3)c3ccc(-c4ccc5c(c4)sc4ccccc45)cc3)cc2)cc1.c1ccc(-c2ccc(N(c3ccc(-c4cccc(-n5c6ccccc6c6ccccc65)c4)cc3)c3ccc(-c4ccc5sc6ccccc6c5c4)cc3)cc2)cc1. The zero-order valence-electron chi connectivity index (χ0n) is 62.2. The Morgan fingerprint density at radius 2 is 0.395 bits per heavy atom. The Morgan fingerprint density at radius 1 is 0.149 bits per heavy atom. The molecule has 0 saturated heterocycles. The van der Waals surface area contributed by atoms with Crippen molar-refractivity contribution in [1.82, 2.24) is 9.13 Å². The lowest BCUT2D eigenvalue weighted by atomic mass is 10.0. The third-order valence-electron chi connectivity index (χ3n) is 22.4. The monoisotopic (exact) mass is 1490 g/mol. The van der Waals surface area contributed by atoms with Crippen molar-refractivity contribution >= 4 is 141 Å². The first-order valence-electron chi connectivity index (χ1n) is 38.8. The Morgan fingerprint density at radius 3 is 0.772 bits per heavy atom. The first-order valence-corrected chi connectivity index (χ1v) is 40.5. The predicted octanol–water partition coefficient (Wildman–Crippen LogP) is 31.2. The van der Waals surface area contributed by atoms with Crippen LogP contribution >= 0.6 is 22.7 Å². The minimum atomic E-state index is 1.10. The molecule has 0 unspecified atom stereocenters. The topological polar surface area (TPSA) is 16.3 Å². The van der Waals surface area contributed by atoms with Crippen LogP contribution < -0.4 is 9.80 Å². The molecule has 22 aromatic rings. The van der Waals surface area contributed by atoms with E-state index in [2.05, 4.69) is 456 Å². The zero-order chi connectivity index (χ0) is 75.4. The second-order valence-electron chi connectivity index (χ2n) is 29.1. The van der Waals surface area contributed by atoms with Gasteiger partial charge in [-0.1, -0.05) is 285 Å². The number of aromatic nitrogens is 2. The number of rotatable bonds is 14. The van der Waals surface area contributed by atoms with Gasteiger partial charge in [-0.05, 0) is 218 Å². The van der Waals surface area contributed by atoms with E-state index in [-0.39, 0.29) is 0 Å². The Kier molecular flexibility index (Phi) is 17.3. The number of hydrogen-bond acceptors (Lipinski definition) is 4. The minimum Gasteiger partial charge on any atom is -0.311 e. The van der Waals surface area contributed by atoms with Crippen molar-refractivity contribution in [3.63, 3.8) is 0 Å². The summed E-state index contributed by atoms with van der Waals surface area (Å²) in [6.45, 7) is 0. The molecule has 0 aliphatic carbocycles. The molecule has 0 aliphatic rings. The van der Waals surface area contributed by atoms with Crippen LogP contribution in [0.1, 0.15) is 0 Å². The molecule has 0 radical (unpaired) electrons. The Bertz CT molecular complexity index is 7190. The fraction of sp³-hybridized carbons (Fsp3) is 0. The van der Waals surface area contributed by atoms with Crippen molar-refractivity contribution in [2.75, 3.05) is 9.80 Å². The van der Waals surface area contributed by atoms with E-state index in [1.54, 1.807) is 0 Å². The van der Waals surface area contributed by atoms with E-state index < -0.39 is 0 Å². The van der Waals surface area contributed by atoms with Gasteiger partial charge in [0.05, 0.1) is 22.1 Å². The van der Waals surface area contributed by atoms with Gasteiger partial charge in [0.25, 0.3) is 0 Å². The van der Waals surface area contributed by atoms with E-state index >= 15 is 0 Å². The highest BCUT2D eigenvalue weighted by molar-refractivity contribution is 7.26. The highest BCUT2D eigenvalue weighted by Crippen LogP contribution is 2.45. The highest BCUT2D eigenvalue weighted by Gasteiger charge is 2.20. The van der Waals surface area contributed by atoms with Crippen LogP contribution in [0.2, 0.25) is 0 Å². The van der Waals surface area contributed by atoms with Gasteiger partial charge in [-0.3, -0.25) is 0 Å². The summed E-state index contributed by atoms with van der Waals surface area (Å²) in [7, 11) is 0. The van der Waals surface area contributed by atoms with E-state index in [0.717, 1.165) is 45.5 Å². The smallest absolute Gasteiger partial charge is 0.0541 e. The zero-order valence-corrected chi connectivity index (χ0v) is 63.8. The van der Waals surface area contributed by atoms with Crippen LogP contribution in [0.25, 0.3) is 162 Å². The van der Waals surface area contributed by atoms with Gasteiger partial charge in [-0.15, -0.1) is 22.7 Å². The second kappa shape index (κ2) is 29.1. The van der Waals surface area contributed by atoms with Gasteiger partial charge in [0.15, 0.2) is 0 Å². The number of para-hydroxylation sites is 4. The average molecular weight is 1490 g/mol. The molecular formula is C108H72N4S2. The molecule has 0 spiro atoms. The highest BCUT2D eigenvalue weighted by atomic mass is 32.1. The molecule has 114 heavy (non-hydrogen) atoms. The maximum absolute atomic E-state index is 2.38. The summed E-state index contributed by atoms with van der Waals surface area (Å²) < 4.78 is 10.1. The number of thiophene rings is 2. The number of fused-ring (bicyclic) bond motifs is 12. The number of anilines is 6. The lowest BCUT2D eigenvalue weighted by Crippen LogP contribution is -2.09. The maximum atomic E-state index is 2.38. The summed E-state index contributed by atoms with van der Waals surface area (Å²) in [5.74, 6) is 0. The molecule has 0 aliphatic heterocycles. The second-order valence-corrected chi connectivity index (χ2v) is 31.3. The third-order valence-corrected chi connectivity index (χ3v) is 24.7. The van der Waals surface area contributed by atoms with Gasteiger partial charge in [0.2, 0.25) is 0 Å². The van der Waals surface area contributed by atoms with Crippen LogP contribution in [-0.2, 0) is 0 Å². The van der Waals surface area contributed by atoms with Crippen LogP contribution in [-0.4, -0.2) is 9.13 Å². The first-order chi connectivity index (χ1) is 56.5. The van der Waals surface area contributed by atoms with Crippen molar-refractivity contribution in [2.45, 2.75) is 0 Å². The van der Waals surface area contributed by atoms with Gasteiger partial charge in [-0.25, -0.2) is 0 Å². The molecule has 4 nitrogen and oxygen atoms in total. The summed E-state index contributed by atoms with van der Waals surface area (Å²) in [4.78, 5) is 4.71. The molecule has 0 amide bonds. The van der Waals surface area contributed by atoms with Crippen LogP contribution in [0, 0.1) is 0 Å². The minimum absolute atomic E-state index is 1.10. The van der Waals surface area contributed by atoms with Crippen LogP contribution in [0.15, 0.2) is 437 Å². The van der Waals surface area contributed by atoms with Crippen molar-refractivity contribution in [3.8, 4) is 78.1 Å². The van der Waals surface area contributed by atoms with Crippen LogP contribution in [0.5, 0.6) is 0 Å². The summed E-state index contributed by atoms with van der Waals surface area (Å²) in [6, 6.07) is 159. The van der Waals surface area contributed by atoms with Crippen molar-refractivity contribution in [1.29, 1.82) is 0 Å². The first kappa shape index (κ1) is 67.7. The molecule has 18 aromatic carbocycles. The molecule has 0 bridgehead atoms. The van der Waals surface area contributed by atoms with Crippen molar-refractivity contribution in [2.24, 2.45) is 0 Å². The molecule has 0 atom stereocenters.